The van der Waals surface area contributed by atoms with Crippen LogP contribution in [0.5, 0.6) is 5.75 Å². The maximum absolute atomic E-state index is 13.5. The van der Waals surface area contributed by atoms with Gasteiger partial charge in [-0.3, -0.25) is 9.89 Å². The van der Waals surface area contributed by atoms with Crippen molar-refractivity contribution in [3.8, 4) is 28.2 Å². The summed E-state index contributed by atoms with van der Waals surface area (Å²) in [4.78, 5) is 12.8. The monoisotopic (exact) mass is 421 g/mol. The molecule has 160 valence electrons. The van der Waals surface area contributed by atoms with E-state index < -0.39 is 0 Å². The Morgan fingerprint density at radius 2 is 1.90 bits per heavy atom. The molecule has 0 spiro atoms. The van der Waals surface area contributed by atoms with Gasteiger partial charge in [-0.15, -0.1) is 0 Å². The Balaban J connectivity index is 2.04. The first-order chi connectivity index (χ1) is 14.8. The number of hydrogen-bond acceptors (Lipinski definition) is 4. The fourth-order valence-corrected chi connectivity index (χ4v) is 3.77. The van der Waals surface area contributed by atoms with Crippen molar-refractivity contribution in [1.29, 1.82) is 0 Å². The number of halogens is 1. The minimum absolute atomic E-state index is 0.0735. The molecule has 4 rings (SSSR count). The second-order valence-electron chi connectivity index (χ2n) is 7.71. The first-order valence-electron chi connectivity index (χ1n) is 10.1. The number of hydrogen-bond donors (Lipinski definition) is 2. The van der Waals surface area contributed by atoms with Gasteiger partial charge in [-0.05, 0) is 64.1 Å². The Bertz CT molecular complexity index is 1250. The summed E-state index contributed by atoms with van der Waals surface area (Å²) in [6.07, 6.45) is -0.0735. The van der Waals surface area contributed by atoms with E-state index in [0.29, 0.717) is 33.6 Å². The zero-order valence-corrected chi connectivity index (χ0v) is 18.1. The molecule has 0 saturated heterocycles. The van der Waals surface area contributed by atoms with Gasteiger partial charge in [0.1, 0.15) is 22.9 Å². The number of carbonyl (C=O) groups is 1. The third-order valence-corrected chi connectivity index (χ3v) is 5.11. The van der Waals surface area contributed by atoms with Crippen molar-refractivity contribution in [1.82, 2.24) is 15.5 Å². The molecule has 4 aromatic rings. The van der Waals surface area contributed by atoms with Crippen molar-refractivity contribution in [2.24, 2.45) is 0 Å². The average Bonchev–Trinajstić information content (AvgIpc) is 3.26. The Hall–Kier alpha value is -3.61. The molecule has 0 atom stereocenters. The van der Waals surface area contributed by atoms with Gasteiger partial charge in [-0.2, -0.15) is 5.10 Å². The summed E-state index contributed by atoms with van der Waals surface area (Å²) in [5.74, 6) is 0.355. The average molecular weight is 421 g/mol. The first-order valence-corrected chi connectivity index (χ1v) is 10.1. The molecule has 0 saturated carbocycles. The topological polar surface area (TPSA) is 80.2 Å². The minimum atomic E-state index is -0.359. The molecule has 0 fully saturated rings. The van der Waals surface area contributed by atoms with E-state index in [4.69, 9.17) is 9.15 Å². The number of fused-ring (bicyclic) bond motifs is 1. The van der Waals surface area contributed by atoms with E-state index in [2.05, 4.69) is 15.5 Å². The van der Waals surface area contributed by atoms with Gasteiger partial charge in [0.25, 0.3) is 5.91 Å². The summed E-state index contributed by atoms with van der Waals surface area (Å²) >= 11 is 0. The summed E-state index contributed by atoms with van der Waals surface area (Å²) < 4.78 is 25.7. The number of aromatic amines is 1. The van der Waals surface area contributed by atoms with Crippen LogP contribution in [0.3, 0.4) is 0 Å². The fraction of sp³-hybridized carbons (Fsp3) is 0.250. The molecule has 0 unspecified atom stereocenters. The van der Waals surface area contributed by atoms with E-state index in [1.54, 1.807) is 19.2 Å². The fourth-order valence-electron chi connectivity index (χ4n) is 3.77. The molecule has 2 aromatic carbocycles. The van der Waals surface area contributed by atoms with Gasteiger partial charge in [-0.25, -0.2) is 4.39 Å². The Morgan fingerprint density at radius 3 is 2.48 bits per heavy atom. The Morgan fingerprint density at radius 1 is 1.19 bits per heavy atom. The Labute approximate surface area is 179 Å². The minimum Gasteiger partial charge on any atom is -0.490 e. The van der Waals surface area contributed by atoms with Crippen LogP contribution in [0.1, 0.15) is 35.6 Å². The van der Waals surface area contributed by atoms with Crippen LogP contribution < -0.4 is 10.1 Å². The number of amides is 1. The number of nitrogens with zero attached hydrogens (tertiary/aromatic N) is 1. The van der Waals surface area contributed by atoms with Crippen LogP contribution in [0.2, 0.25) is 0 Å². The molecule has 1 amide bonds. The largest absolute Gasteiger partial charge is 0.490 e. The molecule has 7 heteroatoms. The standard InChI is InChI=1S/C24H24FN3O3/c1-12(2)30-19-11-18-20(10-17(19)21-13(3)27-28-14(21)4)31-23(22(18)24(29)26-5)15-6-8-16(25)9-7-15/h6-12H,1-5H3,(H,26,29)(H,27,28). The summed E-state index contributed by atoms with van der Waals surface area (Å²) in [6.45, 7) is 7.76. The lowest BCUT2D eigenvalue weighted by atomic mass is 9.99. The number of nitrogens with one attached hydrogen (secondary N) is 2. The van der Waals surface area contributed by atoms with Crippen LogP contribution in [0, 0.1) is 19.7 Å². The number of aromatic nitrogens is 2. The summed E-state index contributed by atoms with van der Waals surface area (Å²) in [5, 5.41) is 10.6. The number of carbonyl (C=O) groups excluding carboxylic acids is 1. The summed E-state index contributed by atoms with van der Waals surface area (Å²) in [7, 11) is 1.56. The lowest BCUT2D eigenvalue weighted by molar-refractivity contribution is 0.0964. The highest BCUT2D eigenvalue weighted by Crippen LogP contribution is 2.42. The van der Waals surface area contributed by atoms with Crippen molar-refractivity contribution in [2.45, 2.75) is 33.8 Å². The van der Waals surface area contributed by atoms with Gasteiger partial charge in [0.05, 0.1) is 17.4 Å². The second-order valence-corrected chi connectivity index (χ2v) is 7.71. The molecular formula is C24H24FN3O3. The molecule has 31 heavy (non-hydrogen) atoms. The zero-order chi connectivity index (χ0) is 22.3. The van der Waals surface area contributed by atoms with Crippen molar-refractivity contribution >= 4 is 16.9 Å². The number of aryl methyl sites for hydroxylation is 2. The maximum Gasteiger partial charge on any atom is 0.255 e. The third kappa shape index (κ3) is 3.67. The molecule has 0 radical (unpaired) electrons. The van der Waals surface area contributed by atoms with Gasteiger partial charge in [0.15, 0.2) is 0 Å². The van der Waals surface area contributed by atoms with Gasteiger partial charge in [0.2, 0.25) is 0 Å². The predicted molar refractivity (Wildman–Crippen MR) is 118 cm³/mol. The van der Waals surface area contributed by atoms with Crippen LogP contribution in [0.4, 0.5) is 4.39 Å². The summed E-state index contributed by atoms with van der Waals surface area (Å²) in [5.41, 5.74) is 5.02. The van der Waals surface area contributed by atoms with Crippen molar-refractivity contribution in [2.75, 3.05) is 7.05 Å². The summed E-state index contributed by atoms with van der Waals surface area (Å²) in [6, 6.07) is 9.57. The molecular weight excluding hydrogens is 397 g/mol. The number of rotatable bonds is 5. The lowest BCUT2D eigenvalue weighted by Gasteiger charge is -2.15. The molecule has 6 nitrogen and oxygen atoms in total. The SMILES string of the molecule is CNC(=O)c1c(-c2ccc(F)cc2)oc2cc(-c3c(C)n[nH]c3C)c(OC(C)C)cc12. The zero-order valence-electron chi connectivity index (χ0n) is 18.1. The molecule has 0 aliphatic rings. The molecule has 2 N–H and O–H groups in total. The van der Waals surface area contributed by atoms with Crippen LogP contribution in [0.25, 0.3) is 33.4 Å². The lowest BCUT2D eigenvalue weighted by Crippen LogP contribution is -2.18. The normalized spacial score (nSPS) is 11.3. The van der Waals surface area contributed by atoms with Crippen LogP contribution in [0.15, 0.2) is 40.8 Å². The van der Waals surface area contributed by atoms with E-state index >= 15 is 0 Å². The van der Waals surface area contributed by atoms with E-state index in [9.17, 15) is 9.18 Å². The van der Waals surface area contributed by atoms with Gasteiger partial charge in [-0.1, -0.05) is 0 Å². The number of H-pyrrole nitrogens is 1. The van der Waals surface area contributed by atoms with Gasteiger partial charge >= 0.3 is 0 Å². The van der Waals surface area contributed by atoms with Crippen LogP contribution >= 0.6 is 0 Å². The van der Waals surface area contributed by atoms with Gasteiger partial charge in [0, 0.05) is 34.8 Å². The van der Waals surface area contributed by atoms with Crippen LogP contribution in [-0.4, -0.2) is 29.3 Å². The van der Waals surface area contributed by atoms with Crippen molar-refractivity contribution in [3.05, 3.63) is 59.2 Å². The smallest absolute Gasteiger partial charge is 0.255 e. The number of furan rings is 1. The number of benzene rings is 2. The van der Waals surface area contributed by atoms with E-state index in [1.807, 2.05) is 39.8 Å². The molecule has 0 bridgehead atoms. The van der Waals surface area contributed by atoms with E-state index in [-0.39, 0.29) is 17.8 Å². The highest BCUT2D eigenvalue weighted by atomic mass is 19.1. The molecule has 0 aliphatic heterocycles. The number of ether oxygens (including phenoxy) is 1. The van der Waals surface area contributed by atoms with E-state index in [0.717, 1.165) is 22.5 Å². The Kier molecular flexibility index (Phi) is 5.27. The van der Waals surface area contributed by atoms with Crippen molar-refractivity contribution in [3.63, 3.8) is 0 Å². The van der Waals surface area contributed by atoms with Crippen LogP contribution in [-0.2, 0) is 0 Å². The highest BCUT2D eigenvalue weighted by Gasteiger charge is 2.25. The maximum atomic E-state index is 13.5. The highest BCUT2D eigenvalue weighted by molar-refractivity contribution is 6.12. The second kappa shape index (κ2) is 7.91. The van der Waals surface area contributed by atoms with Gasteiger partial charge < -0.3 is 14.5 Å². The third-order valence-electron chi connectivity index (χ3n) is 5.11. The first kappa shape index (κ1) is 20.7. The predicted octanol–water partition coefficient (Wildman–Crippen LogP) is 5.39. The van der Waals surface area contributed by atoms with E-state index in [1.165, 1.54) is 12.1 Å². The molecule has 0 aliphatic carbocycles. The quantitative estimate of drug-likeness (QED) is 0.453. The van der Waals surface area contributed by atoms with Crippen molar-refractivity contribution < 1.29 is 18.3 Å². The molecule has 2 aromatic heterocycles. The molecule has 2 heterocycles.